The van der Waals surface area contributed by atoms with Crippen molar-refractivity contribution < 1.29 is 9.18 Å². The van der Waals surface area contributed by atoms with Crippen LogP contribution >= 0.6 is 0 Å². The van der Waals surface area contributed by atoms with Crippen molar-refractivity contribution in [3.63, 3.8) is 0 Å². The van der Waals surface area contributed by atoms with Gasteiger partial charge in [0.25, 0.3) is 0 Å². The van der Waals surface area contributed by atoms with E-state index in [1.807, 2.05) is 38.4 Å². The van der Waals surface area contributed by atoms with Gasteiger partial charge in [-0.15, -0.1) is 0 Å². The van der Waals surface area contributed by atoms with E-state index >= 15 is 0 Å². The molecule has 0 atom stereocenters. The minimum absolute atomic E-state index is 0.229. The molecule has 148 valence electrons. The number of anilines is 1. The van der Waals surface area contributed by atoms with E-state index in [-0.39, 0.29) is 10.9 Å². The summed E-state index contributed by atoms with van der Waals surface area (Å²) in [6.45, 7) is 1.71. The third kappa shape index (κ3) is 3.69. The Kier molecular flexibility index (Phi) is 5.22. The molecule has 0 radical (unpaired) electrons. The van der Waals surface area contributed by atoms with E-state index in [0.717, 1.165) is 30.4 Å². The number of carbonyl (C=O) groups is 1. The molecule has 0 aliphatic heterocycles. The van der Waals surface area contributed by atoms with Gasteiger partial charge in [0, 0.05) is 22.8 Å². The first-order valence-corrected chi connectivity index (χ1v) is 9.49. The zero-order valence-corrected chi connectivity index (χ0v) is 16.4. The number of hydrogen-bond donors (Lipinski definition) is 2. The maximum atomic E-state index is 14.3. The van der Waals surface area contributed by atoms with E-state index < -0.39 is 5.82 Å². The van der Waals surface area contributed by atoms with Crippen molar-refractivity contribution in [3.05, 3.63) is 53.8 Å². The maximum absolute atomic E-state index is 14.3. The van der Waals surface area contributed by atoms with Crippen molar-refractivity contribution in [2.45, 2.75) is 6.42 Å². The number of nitrogens with zero attached hydrogens (tertiary/aromatic N) is 3. The number of H-pyrrole nitrogens is 1. The lowest BCUT2D eigenvalue weighted by atomic mass is 10.1. The van der Waals surface area contributed by atoms with Gasteiger partial charge < -0.3 is 15.2 Å². The second-order valence-corrected chi connectivity index (χ2v) is 7.19. The maximum Gasteiger partial charge on any atom is 0.179 e. The van der Waals surface area contributed by atoms with E-state index in [1.54, 1.807) is 12.1 Å². The lowest BCUT2D eigenvalue weighted by molar-refractivity contribution is 0.112. The van der Waals surface area contributed by atoms with Gasteiger partial charge in [-0.25, -0.2) is 14.4 Å². The van der Waals surface area contributed by atoms with Gasteiger partial charge in [0.1, 0.15) is 11.6 Å². The number of para-hydroxylation sites is 1. The first-order chi connectivity index (χ1) is 14.1. The molecule has 7 heteroatoms. The summed E-state index contributed by atoms with van der Waals surface area (Å²) in [7, 11) is 4.07. The largest absolute Gasteiger partial charge is 0.369 e. The summed E-state index contributed by atoms with van der Waals surface area (Å²) in [5.41, 5.74) is 1.94. The number of carbonyl (C=O) groups excluding carboxylic acids is 1. The lowest BCUT2D eigenvalue weighted by Gasteiger charge is -2.12. The molecule has 0 aliphatic rings. The number of fused-ring (bicyclic) bond motifs is 2. The molecule has 2 aromatic heterocycles. The Morgan fingerprint density at radius 1 is 1.14 bits per heavy atom. The average Bonchev–Trinajstić information content (AvgIpc) is 3.11. The Bertz CT molecular complexity index is 1180. The topological polar surface area (TPSA) is 73.9 Å². The molecule has 0 saturated heterocycles. The molecule has 0 unspecified atom stereocenters. The molecule has 0 bridgehead atoms. The first-order valence-electron chi connectivity index (χ1n) is 9.49. The number of aromatic nitrogens is 3. The van der Waals surface area contributed by atoms with Crippen LogP contribution in [0.15, 0.2) is 42.5 Å². The fraction of sp³-hybridized carbons (Fsp3) is 0.227. The minimum Gasteiger partial charge on any atom is -0.369 e. The predicted molar refractivity (Wildman–Crippen MR) is 114 cm³/mol. The predicted octanol–water partition coefficient (Wildman–Crippen LogP) is 4.09. The molecule has 29 heavy (non-hydrogen) atoms. The number of benzene rings is 2. The SMILES string of the molecule is CN(C)CCCNc1nc(-c2[nH]c3cccc(F)c3c2C=O)nc2ccccc12. The van der Waals surface area contributed by atoms with Gasteiger partial charge in [-0.2, -0.15) is 0 Å². The summed E-state index contributed by atoms with van der Waals surface area (Å²) in [6, 6.07) is 12.4. The molecule has 4 rings (SSSR count). The van der Waals surface area contributed by atoms with E-state index in [2.05, 4.69) is 25.2 Å². The summed E-state index contributed by atoms with van der Waals surface area (Å²) in [5.74, 6) is 0.603. The van der Waals surface area contributed by atoms with E-state index in [1.165, 1.54) is 6.07 Å². The molecule has 0 spiro atoms. The zero-order valence-electron chi connectivity index (χ0n) is 16.4. The van der Waals surface area contributed by atoms with Crippen LogP contribution in [0.3, 0.4) is 0 Å². The first kappa shape index (κ1) is 19.0. The monoisotopic (exact) mass is 391 g/mol. The van der Waals surface area contributed by atoms with Crippen LogP contribution in [-0.4, -0.2) is 53.3 Å². The summed E-state index contributed by atoms with van der Waals surface area (Å²) < 4.78 is 14.3. The highest BCUT2D eigenvalue weighted by Crippen LogP contribution is 2.31. The Labute approximate surface area is 167 Å². The highest BCUT2D eigenvalue weighted by molar-refractivity contribution is 6.04. The lowest BCUT2D eigenvalue weighted by Crippen LogP contribution is -2.17. The van der Waals surface area contributed by atoms with Crippen LogP contribution in [-0.2, 0) is 0 Å². The summed E-state index contributed by atoms with van der Waals surface area (Å²) >= 11 is 0. The Morgan fingerprint density at radius 3 is 2.76 bits per heavy atom. The van der Waals surface area contributed by atoms with Crippen LogP contribution in [0.25, 0.3) is 33.3 Å². The molecule has 2 aromatic carbocycles. The molecule has 2 heterocycles. The minimum atomic E-state index is -0.449. The number of aldehydes is 1. The molecule has 4 aromatic rings. The average molecular weight is 391 g/mol. The van der Waals surface area contributed by atoms with Crippen LogP contribution in [0, 0.1) is 5.82 Å². The van der Waals surface area contributed by atoms with Gasteiger partial charge in [0.05, 0.1) is 16.8 Å². The molecule has 0 amide bonds. The number of aromatic amines is 1. The van der Waals surface area contributed by atoms with Crippen LogP contribution in [0.2, 0.25) is 0 Å². The van der Waals surface area contributed by atoms with Crippen LogP contribution in [0.5, 0.6) is 0 Å². The van der Waals surface area contributed by atoms with Crippen molar-refractivity contribution in [2.75, 3.05) is 32.5 Å². The van der Waals surface area contributed by atoms with Crippen molar-refractivity contribution in [1.82, 2.24) is 19.9 Å². The Morgan fingerprint density at radius 2 is 1.97 bits per heavy atom. The van der Waals surface area contributed by atoms with E-state index in [4.69, 9.17) is 0 Å². The molecular formula is C22H22FN5O. The molecule has 0 saturated carbocycles. The molecule has 0 fully saturated rings. The third-order valence-corrected chi connectivity index (χ3v) is 4.83. The van der Waals surface area contributed by atoms with Crippen molar-refractivity contribution >= 4 is 33.9 Å². The fourth-order valence-electron chi connectivity index (χ4n) is 3.45. The smallest absolute Gasteiger partial charge is 0.179 e. The second kappa shape index (κ2) is 7.97. The standard InChI is InChI=1S/C22H22FN5O/c1-28(2)12-6-11-24-21-14-7-3-4-9-17(14)26-22(27-21)20-15(13-29)19-16(23)8-5-10-18(19)25-20/h3-5,7-10,13,25H,6,11-12H2,1-2H3,(H,24,26,27). The number of nitrogens with one attached hydrogen (secondary N) is 2. The van der Waals surface area contributed by atoms with E-state index in [0.29, 0.717) is 29.1 Å². The quantitative estimate of drug-likeness (QED) is 0.367. The van der Waals surface area contributed by atoms with Gasteiger partial charge in [0.15, 0.2) is 12.1 Å². The van der Waals surface area contributed by atoms with Crippen molar-refractivity contribution in [3.8, 4) is 11.5 Å². The number of rotatable bonds is 7. The van der Waals surface area contributed by atoms with Crippen LogP contribution in [0.1, 0.15) is 16.8 Å². The Hall–Kier alpha value is -3.32. The van der Waals surface area contributed by atoms with Crippen molar-refractivity contribution in [2.24, 2.45) is 0 Å². The zero-order chi connectivity index (χ0) is 20.4. The molecule has 2 N–H and O–H groups in total. The van der Waals surface area contributed by atoms with Crippen molar-refractivity contribution in [1.29, 1.82) is 0 Å². The fourth-order valence-corrected chi connectivity index (χ4v) is 3.45. The van der Waals surface area contributed by atoms with Gasteiger partial charge in [0.2, 0.25) is 0 Å². The number of hydrogen-bond acceptors (Lipinski definition) is 5. The van der Waals surface area contributed by atoms with Crippen LogP contribution in [0.4, 0.5) is 10.2 Å². The van der Waals surface area contributed by atoms with Gasteiger partial charge in [-0.1, -0.05) is 18.2 Å². The second-order valence-electron chi connectivity index (χ2n) is 7.19. The summed E-state index contributed by atoms with van der Waals surface area (Å²) in [6.07, 6.45) is 1.61. The summed E-state index contributed by atoms with van der Waals surface area (Å²) in [5, 5.41) is 4.54. The summed E-state index contributed by atoms with van der Waals surface area (Å²) in [4.78, 5) is 26.3. The number of halogens is 1. The normalized spacial score (nSPS) is 11.4. The van der Waals surface area contributed by atoms with E-state index in [9.17, 15) is 9.18 Å². The van der Waals surface area contributed by atoms with Gasteiger partial charge >= 0.3 is 0 Å². The van der Waals surface area contributed by atoms with Gasteiger partial charge in [-0.3, -0.25) is 4.79 Å². The highest BCUT2D eigenvalue weighted by Gasteiger charge is 2.19. The Balaban J connectivity index is 1.81. The highest BCUT2D eigenvalue weighted by atomic mass is 19.1. The molecule has 6 nitrogen and oxygen atoms in total. The molecular weight excluding hydrogens is 369 g/mol. The molecule has 0 aliphatic carbocycles. The van der Waals surface area contributed by atoms with Gasteiger partial charge in [-0.05, 0) is 51.3 Å². The van der Waals surface area contributed by atoms with Crippen LogP contribution < -0.4 is 5.32 Å². The third-order valence-electron chi connectivity index (χ3n) is 4.83.